The topological polar surface area (TPSA) is 50.1 Å². The van der Waals surface area contributed by atoms with Crippen molar-refractivity contribution in [3.05, 3.63) is 12.5 Å². The molecule has 2 aromatic heterocycles. The van der Waals surface area contributed by atoms with Crippen molar-refractivity contribution in [3.8, 4) is 0 Å². The Kier molecular flexibility index (Phi) is 3.25. The van der Waals surface area contributed by atoms with E-state index in [0.717, 1.165) is 29.9 Å². The van der Waals surface area contributed by atoms with Gasteiger partial charge in [-0.3, -0.25) is 9.58 Å². The van der Waals surface area contributed by atoms with Crippen LogP contribution in [-0.4, -0.2) is 56.9 Å². The van der Waals surface area contributed by atoms with Crippen LogP contribution in [0.5, 0.6) is 0 Å². The number of fused-ring (bicyclic) bond motifs is 1. The maximum atomic E-state index is 4.55. The first-order valence-corrected chi connectivity index (χ1v) is 7.94. The fourth-order valence-corrected chi connectivity index (χ4v) is 3.75. The van der Waals surface area contributed by atoms with Crippen molar-refractivity contribution >= 4 is 16.9 Å². The number of aryl methyl sites for hydroxylation is 1. The molecule has 0 aromatic carbocycles. The fraction of sp³-hybridized carbons (Fsp3) is 0.667. The third-order valence-corrected chi connectivity index (χ3v) is 4.86. The molecule has 112 valence electrons. The van der Waals surface area contributed by atoms with Crippen LogP contribution in [0.2, 0.25) is 0 Å². The Bertz CT molecular complexity index is 630. The molecule has 6 heteroatoms. The Morgan fingerprint density at radius 3 is 2.81 bits per heavy atom. The van der Waals surface area contributed by atoms with Gasteiger partial charge in [-0.05, 0) is 38.8 Å². The highest BCUT2D eigenvalue weighted by Gasteiger charge is 2.28. The molecule has 0 radical (unpaired) electrons. The lowest BCUT2D eigenvalue weighted by Crippen LogP contribution is -2.47. The van der Waals surface area contributed by atoms with Gasteiger partial charge in [0.1, 0.15) is 12.1 Å². The van der Waals surface area contributed by atoms with E-state index in [1.165, 1.54) is 38.8 Å². The predicted molar refractivity (Wildman–Crippen MR) is 82.3 cm³/mol. The van der Waals surface area contributed by atoms with Crippen LogP contribution in [0.3, 0.4) is 0 Å². The molecule has 4 heterocycles. The Hall–Kier alpha value is -1.69. The van der Waals surface area contributed by atoms with Crippen LogP contribution in [0, 0.1) is 0 Å². The van der Waals surface area contributed by atoms with Crippen LogP contribution >= 0.6 is 0 Å². The molecular formula is C15H22N6. The highest BCUT2D eigenvalue weighted by atomic mass is 15.3. The molecule has 2 aliphatic heterocycles. The van der Waals surface area contributed by atoms with E-state index in [2.05, 4.69) is 24.9 Å². The summed E-state index contributed by atoms with van der Waals surface area (Å²) in [4.78, 5) is 14.0. The van der Waals surface area contributed by atoms with Gasteiger partial charge in [0, 0.05) is 26.2 Å². The van der Waals surface area contributed by atoms with E-state index < -0.39 is 0 Å². The summed E-state index contributed by atoms with van der Waals surface area (Å²) in [6, 6.07) is 0.683. The molecule has 2 aromatic rings. The summed E-state index contributed by atoms with van der Waals surface area (Å²) in [5.41, 5.74) is 0.920. The highest BCUT2D eigenvalue weighted by Crippen LogP contribution is 2.27. The maximum absolute atomic E-state index is 4.55. The molecule has 1 atom stereocenters. The van der Waals surface area contributed by atoms with E-state index in [4.69, 9.17) is 0 Å². The van der Waals surface area contributed by atoms with Crippen molar-refractivity contribution in [1.82, 2.24) is 24.6 Å². The van der Waals surface area contributed by atoms with Crippen molar-refractivity contribution in [1.29, 1.82) is 0 Å². The first-order chi connectivity index (χ1) is 10.3. The van der Waals surface area contributed by atoms with E-state index in [1.54, 1.807) is 6.33 Å². The first-order valence-electron chi connectivity index (χ1n) is 7.94. The van der Waals surface area contributed by atoms with Crippen molar-refractivity contribution in [3.63, 3.8) is 0 Å². The molecule has 0 aliphatic carbocycles. The Labute approximate surface area is 124 Å². The number of nitrogens with zero attached hydrogens (tertiary/aromatic N) is 6. The van der Waals surface area contributed by atoms with Gasteiger partial charge in [-0.15, -0.1) is 0 Å². The molecule has 0 bridgehead atoms. The third-order valence-electron chi connectivity index (χ3n) is 4.86. The van der Waals surface area contributed by atoms with Gasteiger partial charge in [0.2, 0.25) is 0 Å². The Balaban J connectivity index is 1.62. The largest absolute Gasteiger partial charge is 0.354 e. The first kappa shape index (κ1) is 13.0. The molecule has 0 unspecified atom stereocenters. The number of hydrogen-bond donors (Lipinski definition) is 0. The quantitative estimate of drug-likeness (QED) is 0.836. The minimum absolute atomic E-state index is 0.683. The molecule has 2 fully saturated rings. The average Bonchev–Trinajstić information content (AvgIpc) is 3.18. The van der Waals surface area contributed by atoms with Crippen LogP contribution in [0.4, 0.5) is 5.82 Å². The Morgan fingerprint density at radius 1 is 1.10 bits per heavy atom. The summed E-state index contributed by atoms with van der Waals surface area (Å²) in [5.74, 6) is 1.05. The summed E-state index contributed by atoms with van der Waals surface area (Å²) in [6.45, 7) is 4.71. The molecule has 4 rings (SSSR count). The number of piperidine rings is 1. The van der Waals surface area contributed by atoms with Crippen LogP contribution in [-0.2, 0) is 7.05 Å². The zero-order valence-corrected chi connectivity index (χ0v) is 12.6. The number of anilines is 1. The Morgan fingerprint density at radius 2 is 1.95 bits per heavy atom. The second-order valence-electron chi connectivity index (χ2n) is 6.19. The summed E-state index contributed by atoms with van der Waals surface area (Å²) in [6.07, 6.45) is 8.83. The predicted octanol–water partition coefficient (Wildman–Crippen LogP) is 1.43. The second-order valence-corrected chi connectivity index (χ2v) is 6.19. The lowest BCUT2D eigenvalue weighted by molar-refractivity contribution is 0.215. The van der Waals surface area contributed by atoms with Gasteiger partial charge in [0.25, 0.3) is 0 Å². The molecule has 2 saturated heterocycles. The average molecular weight is 286 g/mol. The van der Waals surface area contributed by atoms with Gasteiger partial charge < -0.3 is 4.90 Å². The van der Waals surface area contributed by atoms with Crippen LogP contribution in [0.15, 0.2) is 12.5 Å². The van der Waals surface area contributed by atoms with Crippen molar-refractivity contribution in [2.75, 3.05) is 31.1 Å². The lowest BCUT2D eigenvalue weighted by Gasteiger charge is -2.38. The smallest absolute Gasteiger partial charge is 0.163 e. The molecule has 0 spiro atoms. The summed E-state index contributed by atoms with van der Waals surface area (Å²) in [5, 5.41) is 5.40. The van der Waals surface area contributed by atoms with Crippen molar-refractivity contribution < 1.29 is 0 Å². The highest BCUT2D eigenvalue weighted by molar-refractivity contribution is 5.86. The zero-order chi connectivity index (χ0) is 14.2. The van der Waals surface area contributed by atoms with Crippen molar-refractivity contribution in [2.45, 2.75) is 31.7 Å². The zero-order valence-electron chi connectivity index (χ0n) is 12.6. The number of rotatable bonds is 2. The summed E-state index contributed by atoms with van der Waals surface area (Å²) >= 11 is 0. The maximum Gasteiger partial charge on any atom is 0.163 e. The normalized spacial score (nSPS) is 24.0. The summed E-state index contributed by atoms with van der Waals surface area (Å²) in [7, 11) is 1.93. The van der Waals surface area contributed by atoms with Gasteiger partial charge in [-0.2, -0.15) is 5.10 Å². The second kappa shape index (κ2) is 5.26. The minimum atomic E-state index is 0.683. The molecule has 0 N–H and O–H groups in total. The van der Waals surface area contributed by atoms with Gasteiger partial charge in [-0.25, -0.2) is 9.97 Å². The van der Waals surface area contributed by atoms with E-state index in [1.807, 2.05) is 17.9 Å². The SMILES string of the molecule is Cn1ncc2c(N3CCC[C@H](N4CCCC4)C3)ncnc21. The summed E-state index contributed by atoms with van der Waals surface area (Å²) < 4.78 is 1.82. The molecule has 21 heavy (non-hydrogen) atoms. The van der Waals surface area contributed by atoms with Crippen LogP contribution in [0.25, 0.3) is 11.0 Å². The van der Waals surface area contributed by atoms with Crippen LogP contribution < -0.4 is 4.90 Å². The van der Waals surface area contributed by atoms with E-state index >= 15 is 0 Å². The molecule has 6 nitrogen and oxygen atoms in total. The standard InChI is InChI=1S/C15H22N6/c1-19-14-13(9-18-19)15(17-11-16-14)21-8-4-5-12(10-21)20-6-2-3-7-20/h9,11-12H,2-8,10H2,1H3/t12-/m0/s1. The molecule has 2 aliphatic rings. The molecule has 0 saturated carbocycles. The minimum Gasteiger partial charge on any atom is -0.354 e. The van der Waals surface area contributed by atoms with Gasteiger partial charge >= 0.3 is 0 Å². The van der Waals surface area contributed by atoms with Gasteiger partial charge in [0.05, 0.1) is 11.6 Å². The lowest BCUT2D eigenvalue weighted by atomic mass is 10.0. The number of likely N-dealkylation sites (tertiary alicyclic amines) is 1. The number of hydrogen-bond acceptors (Lipinski definition) is 5. The molecular weight excluding hydrogens is 264 g/mol. The van der Waals surface area contributed by atoms with Gasteiger partial charge in [-0.1, -0.05) is 0 Å². The van der Waals surface area contributed by atoms with Crippen molar-refractivity contribution in [2.24, 2.45) is 7.05 Å². The fourth-order valence-electron chi connectivity index (χ4n) is 3.75. The van der Waals surface area contributed by atoms with Gasteiger partial charge in [0.15, 0.2) is 5.65 Å². The molecule has 0 amide bonds. The van der Waals surface area contributed by atoms with E-state index in [-0.39, 0.29) is 0 Å². The van der Waals surface area contributed by atoms with Crippen LogP contribution in [0.1, 0.15) is 25.7 Å². The third kappa shape index (κ3) is 2.27. The monoisotopic (exact) mass is 286 g/mol. The van der Waals surface area contributed by atoms with E-state index in [0.29, 0.717) is 6.04 Å². The number of aromatic nitrogens is 4. The van der Waals surface area contributed by atoms with E-state index in [9.17, 15) is 0 Å².